The second kappa shape index (κ2) is 24.7. The first-order valence-electron chi connectivity index (χ1n) is 11.9. The number of hydrogen-bond donors (Lipinski definition) is 4. The third-order valence-electron chi connectivity index (χ3n) is 4.53. The van der Waals surface area contributed by atoms with Crippen molar-refractivity contribution in [1.29, 1.82) is 0 Å². The number of phenolic OH excluding ortho intramolecular Hbond substituents is 1. The summed E-state index contributed by atoms with van der Waals surface area (Å²) < 4.78 is 32.0. The van der Waals surface area contributed by atoms with E-state index in [4.69, 9.17) is 15.0 Å². The van der Waals surface area contributed by atoms with Crippen molar-refractivity contribution >= 4 is 51.8 Å². The summed E-state index contributed by atoms with van der Waals surface area (Å²) in [5.41, 5.74) is 4.00. The van der Waals surface area contributed by atoms with E-state index in [1.54, 1.807) is 23.9 Å². The maximum atomic E-state index is 10.6. The molecule has 2 rings (SSSR count). The first kappa shape index (κ1) is 43.8. The molecule has 0 unspecified atom stereocenters. The smallest absolute Gasteiger partial charge is 0.490 e. The summed E-state index contributed by atoms with van der Waals surface area (Å²) in [7, 11) is -0.454. The molecule has 0 aliphatic rings. The van der Waals surface area contributed by atoms with E-state index < -0.39 is 20.9 Å². The molecule has 0 radical (unpaired) electrons. The fourth-order valence-electron chi connectivity index (χ4n) is 3.49. The topological polar surface area (TPSA) is 89.0 Å². The lowest BCUT2D eigenvalue weighted by molar-refractivity contribution is -0.192. The Balaban J connectivity index is -0.000000193. The average molecular weight is 617 g/mol. The summed E-state index contributed by atoms with van der Waals surface area (Å²) in [4.78, 5) is 10.2. The van der Waals surface area contributed by atoms with Crippen molar-refractivity contribution in [2.24, 2.45) is 0 Å². The number of aryl methyl sites for hydroxylation is 1. The minimum absolute atomic E-state index is 0. The molecular formula is C27H47F3O4S3Si. The molecule has 11 heteroatoms. The highest BCUT2D eigenvalue weighted by atomic mass is 32.2. The minimum atomic E-state index is -5.08. The number of benzene rings is 2. The van der Waals surface area contributed by atoms with Gasteiger partial charge >= 0.3 is 12.1 Å². The van der Waals surface area contributed by atoms with Gasteiger partial charge < -0.3 is 15.7 Å². The predicted molar refractivity (Wildman–Crippen MR) is 168 cm³/mol. The lowest BCUT2D eigenvalue weighted by atomic mass is 10.2. The first-order chi connectivity index (χ1) is 16.9. The zero-order valence-corrected chi connectivity index (χ0v) is 27.6. The van der Waals surface area contributed by atoms with Gasteiger partial charge in [-0.05, 0) is 49.9 Å². The van der Waals surface area contributed by atoms with Crippen LogP contribution in [0.1, 0.15) is 54.0 Å². The lowest BCUT2D eigenvalue weighted by Crippen LogP contribution is -2.24. The summed E-state index contributed by atoms with van der Waals surface area (Å²) in [5.74, 6) is -2.42. The standard InChI is InChI=1S/C9H22Si.C7H8O.C7H8S.C2HF3O2.C2H6S2.H2O/c1-7(2)10(8(3)4)9(5)6;1-6-3-2-4-7(8)5-6;1-8-7-5-3-2-4-6-7;3-2(4,5)1(6)7;1-2(3)4;/h7-10H,1-6H3;2-5,8H,1H3;2-6H,1H3;(H,6,7);2-4H,1H3;1H2. The van der Waals surface area contributed by atoms with E-state index in [1.165, 1.54) is 4.90 Å². The van der Waals surface area contributed by atoms with E-state index in [2.05, 4.69) is 85.2 Å². The van der Waals surface area contributed by atoms with Gasteiger partial charge in [0.2, 0.25) is 0 Å². The Labute approximate surface area is 244 Å². The second-order valence-electron chi connectivity index (χ2n) is 9.10. The minimum Gasteiger partial charge on any atom is -0.508 e. The second-order valence-corrected chi connectivity index (χ2v) is 17.1. The van der Waals surface area contributed by atoms with Crippen LogP contribution in [0.4, 0.5) is 13.2 Å². The molecule has 0 fully saturated rings. The van der Waals surface area contributed by atoms with Gasteiger partial charge in [0.25, 0.3) is 0 Å². The van der Waals surface area contributed by atoms with Crippen molar-refractivity contribution in [2.45, 2.75) is 87.7 Å². The number of thiol groups is 2. The largest absolute Gasteiger partial charge is 0.508 e. The molecule has 0 aromatic heterocycles. The van der Waals surface area contributed by atoms with Gasteiger partial charge in [0.1, 0.15) is 5.75 Å². The summed E-state index contributed by atoms with van der Waals surface area (Å²) >= 11 is 9.43. The molecule has 0 saturated heterocycles. The van der Waals surface area contributed by atoms with Gasteiger partial charge in [-0.1, -0.05) is 88.5 Å². The van der Waals surface area contributed by atoms with Crippen molar-refractivity contribution in [3.63, 3.8) is 0 Å². The predicted octanol–water partition coefficient (Wildman–Crippen LogP) is 8.55. The van der Waals surface area contributed by atoms with Crippen molar-refractivity contribution in [3.05, 3.63) is 60.2 Å². The van der Waals surface area contributed by atoms with Crippen LogP contribution in [-0.2, 0) is 4.79 Å². The van der Waals surface area contributed by atoms with Gasteiger partial charge in [0.15, 0.2) is 0 Å². The number of carboxylic acid groups (broad SMARTS) is 1. The number of phenols is 1. The van der Waals surface area contributed by atoms with Crippen molar-refractivity contribution in [3.8, 4) is 5.75 Å². The highest BCUT2D eigenvalue weighted by molar-refractivity contribution is 7.99. The van der Waals surface area contributed by atoms with Crippen LogP contribution < -0.4 is 0 Å². The van der Waals surface area contributed by atoms with Crippen LogP contribution in [0.2, 0.25) is 16.6 Å². The fraction of sp³-hybridized carbons (Fsp3) is 0.519. The lowest BCUT2D eigenvalue weighted by Gasteiger charge is -2.26. The molecule has 38 heavy (non-hydrogen) atoms. The summed E-state index contributed by atoms with van der Waals surface area (Å²) in [6.45, 7) is 18.2. The molecule has 0 spiro atoms. The summed E-state index contributed by atoms with van der Waals surface area (Å²) in [5, 5.41) is 15.9. The average Bonchev–Trinajstić information content (AvgIpc) is 2.73. The SMILES string of the molecule is CC(C)[SiH](C(C)C)C(C)C.CC(S)S.CSc1ccccc1.Cc1cccc(O)c1.O.O=C(O)C(F)(F)F. The molecule has 2 aromatic rings. The molecule has 2 aromatic carbocycles. The van der Waals surface area contributed by atoms with Crippen LogP contribution in [-0.4, -0.2) is 47.5 Å². The number of thioether (sulfide) groups is 1. The number of aromatic hydroxyl groups is 1. The number of rotatable bonds is 4. The Morgan fingerprint density at radius 3 is 1.39 bits per heavy atom. The van der Waals surface area contributed by atoms with E-state index in [9.17, 15) is 13.2 Å². The van der Waals surface area contributed by atoms with E-state index >= 15 is 0 Å². The first-order valence-corrected chi connectivity index (χ1v) is 16.1. The van der Waals surface area contributed by atoms with Crippen LogP contribution in [0.15, 0.2) is 59.5 Å². The number of carboxylic acids is 1. The highest BCUT2D eigenvalue weighted by Gasteiger charge is 2.38. The number of halogens is 3. The molecule has 0 atom stereocenters. The maximum Gasteiger partial charge on any atom is 0.490 e. The molecule has 4 nitrogen and oxygen atoms in total. The van der Waals surface area contributed by atoms with Crippen LogP contribution in [0.5, 0.6) is 5.75 Å². The molecule has 0 heterocycles. The van der Waals surface area contributed by atoms with Gasteiger partial charge in [-0.3, -0.25) is 0 Å². The Morgan fingerprint density at radius 1 is 0.868 bits per heavy atom. The molecule has 0 aliphatic heterocycles. The number of carbonyl (C=O) groups is 1. The van der Waals surface area contributed by atoms with Gasteiger partial charge in [-0.15, -0.1) is 11.8 Å². The zero-order valence-electron chi connectivity index (χ0n) is 23.8. The highest BCUT2D eigenvalue weighted by Crippen LogP contribution is 2.29. The van der Waals surface area contributed by atoms with Gasteiger partial charge in [-0.2, -0.15) is 38.4 Å². The molecular weight excluding hydrogens is 570 g/mol. The van der Waals surface area contributed by atoms with Crippen molar-refractivity contribution in [1.82, 2.24) is 0 Å². The molecule has 222 valence electrons. The third-order valence-corrected chi connectivity index (χ3v) is 9.89. The van der Waals surface area contributed by atoms with E-state index in [0.717, 1.165) is 22.2 Å². The fourth-order valence-corrected chi connectivity index (χ4v) is 8.54. The molecule has 0 amide bonds. The van der Waals surface area contributed by atoms with Crippen molar-refractivity contribution in [2.75, 3.05) is 6.26 Å². The van der Waals surface area contributed by atoms with Crippen molar-refractivity contribution < 1.29 is 33.7 Å². The third kappa shape index (κ3) is 29.3. The van der Waals surface area contributed by atoms with Gasteiger partial charge in [0, 0.05) is 18.3 Å². The maximum absolute atomic E-state index is 10.6. The van der Waals surface area contributed by atoms with E-state index in [1.807, 2.05) is 44.2 Å². The zero-order chi connectivity index (χ0) is 29.8. The Bertz CT molecular complexity index is 784. The summed E-state index contributed by atoms with van der Waals surface area (Å²) in [6, 6.07) is 17.5. The monoisotopic (exact) mass is 616 g/mol. The Hall–Kier alpha value is -1.27. The Morgan fingerprint density at radius 2 is 1.24 bits per heavy atom. The molecule has 0 saturated carbocycles. The number of hydrogen-bond acceptors (Lipinski definition) is 5. The normalized spacial score (nSPS) is 10.2. The Kier molecular flexibility index (Phi) is 28.5. The van der Waals surface area contributed by atoms with Crippen LogP contribution in [0, 0.1) is 6.92 Å². The number of alkyl halides is 3. The van der Waals surface area contributed by atoms with E-state index in [0.29, 0.717) is 5.75 Å². The van der Waals surface area contributed by atoms with E-state index in [-0.39, 0.29) is 10.1 Å². The van der Waals surface area contributed by atoms with Crippen LogP contribution in [0.25, 0.3) is 0 Å². The number of aliphatic carboxylic acids is 1. The summed E-state index contributed by atoms with van der Waals surface area (Å²) in [6.07, 6.45) is -3.00. The van der Waals surface area contributed by atoms with Crippen LogP contribution >= 0.6 is 37.0 Å². The van der Waals surface area contributed by atoms with Crippen LogP contribution in [0.3, 0.4) is 0 Å². The quantitative estimate of drug-likeness (QED) is 0.120. The molecule has 0 aliphatic carbocycles. The van der Waals surface area contributed by atoms with Gasteiger partial charge in [-0.25, -0.2) is 4.79 Å². The molecule has 0 bridgehead atoms. The van der Waals surface area contributed by atoms with Gasteiger partial charge in [0.05, 0.1) is 0 Å². The molecule has 4 N–H and O–H groups in total.